The zero-order chi connectivity index (χ0) is 19.9. The Kier molecular flexibility index (Phi) is 7.76. The zero-order valence-corrected chi connectivity index (χ0v) is 17.5. The molecule has 0 saturated heterocycles. The van der Waals surface area contributed by atoms with E-state index in [0.717, 1.165) is 22.2 Å². The van der Waals surface area contributed by atoms with Crippen molar-refractivity contribution in [3.63, 3.8) is 0 Å². The smallest absolute Gasteiger partial charge is 0.367 e. The molecule has 0 N–H and O–H groups in total. The third-order valence-corrected chi connectivity index (χ3v) is 5.96. The highest BCUT2D eigenvalue weighted by Crippen LogP contribution is 2.22. The van der Waals surface area contributed by atoms with Gasteiger partial charge in [0.05, 0.1) is 7.11 Å². The number of benzene rings is 2. The van der Waals surface area contributed by atoms with Gasteiger partial charge in [-0.1, -0.05) is 46.7 Å². The Hall–Kier alpha value is -1.97. The van der Waals surface area contributed by atoms with Gasteiger partial charge in [-0.25, -0.2) is 4.79 Å². The number of hydrogen-bond donors (Lipinski definition) is 0. The molecule has 0 radical (unpaired) electrons. The number of aryl methyl sites for hydroxylation is 1. The highest BCUT2D eigenvalue weighted by atomic mass is 32.2. The van der Waals surface area contributed by atoms with Gasteiger partial charge in [-0.05, 0) is 43.0 Å². The fourth-order valence-electron chi connectivity index (χ4n) is 1.99. The Labute approximate surface area is 167 Å². The van der Waals surface area contributed by atoms with Crippen molar-refractivity contribution in [2.75, 3.05) is 13.4 Å². The molecule has 9 heteroatoms. The molecule has 0 atom stereocenters. The van der Waals surface area contributed by atoms with Crippen molar-refractivity contribution < 1.29 is 22.2 Å². The van der Waals surface area contributed by atoms with Gasteiger partial charge in [-0.2, -0.15) is 8.42 Å². The van der Waals surface area contributed by atoms with Crippen molar-refractivity contribution in [2.45, 2.75) is 22.5 Å². The van der Waals surface area contributed by atoms with Crippen LogP contribution in [0.4, 0.5) is 0 Å². The van der Waals surface area contributed by atoms with Gasteiger partial charge >= 0.3 is 16.1 Å². The second kappa shape index (κ2) is 9.82. The second-order valence-corrected chi connectivity index (χ2v) is 8.93. The van der Waals surface area contributed by atoms with E-state index in [1.165, 1.54) is 18.9 Å². The summed E-state index contributed by atoms with van der Waals surface area (Å²) in [5, 5.41) is 3.33. The Morgan fingerprint density at radius 2 is 1.81 bits per heavy atom. The van der Waals surface area contributed by atoms with Gasteiger partial charge in [0.1, 0.15) is 5.75 Å². The summed E-state index contributed by atoms with van der Waals surface area (Å²) in [5.41, 5.74) is 1.63. The molecule has 0 spiro atoms. The Morgan fingerprint density at radius 1 is 1.11 bits per heavy atom. The largest absolute Gasteiger partial charge is 0.464 e. The lowest BCUT2D eigenvalue weighted by Crippen LogP contribution is -2.14. The molecule has 0 aliphatic rings. The van der Waals surface area contributed by atoms with Crippen LogP contribution in [0, 0.1) is 6.92 Å². The Balaban J connectivity index is 2.15. The molecule has 0 fully saturated rings. The van der Waals surface area contributed by atoms with E-state index in [1.807, 2.05) is 31.4 Å². The molecule has 0 amide bonds. The van der Waals surface area contributed by atoms with E-state index in [-0.39, 0.29) is 10.8 Å². The Morgan fingerprint density at radius 3 is 2.44 bits per heavy atom. The third-order valence-electron chi connectivity index (χ3n) is 3.31. The number of rotatable bonds is 6. The second-order valence-electron chi connectivity index (χ2n) is 5.43. The van der Waals surface area contributed by atoms with Gasteiger partial charge in [-0.15, -0.1) is 11.8 Å². The molecule has 0 saturated carbocycles. The molecule has 0 heterocycles. The molecular weight excluding hydrogens is 406 g/mol. The van der Waals surface area contributed by atoms with Crippen molar-refractivity contribution in [3.05, 3.63) is 59.7 Å². The molecule has 0 aliphatic heterocycles. The standard InChI is InChI=1S/C18H19NO5S3/c1-13-7-9-15(10-8-13)26-17(18(20)23-2)19-24-27(21,22)12-14-5-4-6-16(11-14)25-3/h4-11H,12H2,1-3H3/b19-17-. The SMILES string of the molecule is COC(=O)/C(=N/OS(=O)(=O)Cc1cccc(SC)c1)Sc1ccc(C)cc1. The number of carbonyl (C=O) groups excluding carboxylic acids is 1. The van der Waals surface area contributed by atoms with Crippen LogP contribution >= 0.6 is 23.5 Å². The first-order valence-corrected chi connectivity index (χ1v) is 11.4. The maximum absolute atomic E-state index is 12.2. The zero-order valence-electron chi connectivity index (χ0n) is 15.0. The highest BCUT2D eigenvalue weighted by Gasteiger charge is 2.19. The van der Waals surface area contributed by atoms with Crippen LogP contribution in [0.5, 0.6) is 0 Å². The molecule has 2 rings (SSSR count). The predicted molar refractivity (Wildman–Crippen MR) is 108 cm³/mol. The fourth-order valence-corrected chi connectivity index (χ4v) is 4.08. The summed E-state index contributed by atoms with van der Waals surface area (Å²) in [4.78, 5) is 13.5. The first kappa shape index (κ1) is 21.3. The summed E-state index contributed by atoms with van der Waals surface area (Å²) < 4.78 is 33.8. The Bertz CT molecular complexity index is 924. The van der Waals surface area contributed by atoms with E-state index < -0.39 is 16.1 Å². The first-order valence-electron chi connectivity index (χ1n) is 7.78. The van der Waals surface area contributed by atoms with E-state index >= 15 is 0 Å². The molecule has 2 aromatic rings. The van der Waals surface area contributed by atoms with Crippen LogP contribution < -0.4 is 0 Å². The number of methoxy groups -OCH3 is 1. The number of thioether (sulfide) groups is 2. The third kappa shape index (κ3) is 6.93. The normalized spacial score (nSPS) is 11.9. The van der Waals surface area contributed by atoms with Gasteiger partial charge in [0.2, 0.25) is 5.04 Å². The lowest BCUT2D eigenvalue weighted by atomic mass is 10.2. The topological polar surface area (TPSA) is 82.0 Å². The number of nitrogens with zero attached hydrogens (tertiary/aromatic N) is 1. The van der Waals surface area contributed by atoms with Crippen molar-refractivity contribution in [1.82, 2.24) is 0 Å². The summed E-state index contributed by atoms with van der Waals surface area (Å²) in [5.74, 6) is -1.13. The molecule has 0 aliphatic carbocycles. The van der Waals surface area contributed by atoms with Crippen molar-refractivity contribution >= 4 is 44.7 Å². The van der Waals surface area contributed by atoms with Crippen LogP contribution in [0.15, 0.2) is 63.5 Å². The van der Waals surface area contributed by atoms with Crippen LogP contribution in [0.2, 0.25) is 0 Å². The summed E-state index contributed by atoms with van der Waals surface area (Å²) in [6, 6.07) is 14.4. The van der Waals surface area contributed by atoms with Gasteiger partial charge in [0.15, 0.2) is 0 Å². The van der Waals surface area contributed by atoms with E-state index in [4.69, 9.17) is 4.28 Å². The molecule has 0 bridgehead atoms. The molecule has 2 aromatic carbocycles. The van der Waals surface area contributed by atoms with E-state index in [0.29, 0.717) is 10.5 Å². The quantitative estimate of drug-likeness (QED) is 0.229. The maximum Gasteiger partial charge on any atom is 0.367 e. The molecule has 144 valence electrons. The number of carbonyl (C=O) groups is 1. The van der Waals surface area contributed by atoms with E-state index in [1.54, 1.807) is 30.3 Å². The average molecular weight is 426 g/mol. The van der Waals surface area contributed by atoms with E-state index in [2.05, 4.69) is 9.89 Å². The van der Waals surface area contributed by atoms with Crippen molar-refractivity contribution in [1.29, 1.82) is 0 Å². The van der Waals surface area contributed by atoms with Crippen molar-refractivity contribution in [3.8, 4) is 0 Å². The van der Waals surface area contributed by atoms with Gasteiger partial charge in [0, 0.05) is 9.79 Å². The first-order chi connectivity index (χ1) is 12.8. The monoisotopic (exact) mass is 425 g/mol. The van der Waals surface area contributed by atoms with Gasteiger partial charge in [-0.3, -0.25) is 4.28 Å². The summed E-state index contributed by atoms with van der Waals surface area (Å²) >= 11 is 2.47. The van der Waals surface area contributed by atoms with Crippen LogP contribution in [0.25, 0.3) is 0 Å². The molecule has 0 aromatic heterocycles. The maximum atomic E-state index is 12.2. The lowest BCUT2D eigenvalue weighted by Gasteiger charge is -2.06. The minimum absolute atomic E-state index is 0.206. The number of oxime groups is 1. The molecular formula is C18H19NO5S3. The molecule has 6 nitrogen and oxygen atoms in total. The summed E-state index contributed by atoms with van der Waals surface area (Å²) in [7, 11) is -2.82. The number of ether oxygens (including phenoxy) is 1. The number of esters is 1. The molecule has 27 heavy (non-hydrogen) atoms. The minimum Gasteiger partial charge on any atom is -0.464 e. The van der Waals surface area contributed by atoms with Crippen LogP contribution in [0.1, 0.15) is 11.1 Å². The van der Waals surface area contributed by atoms with Crippen LogP contribution in [-0.4, -0.2) is 32.8 Å². The van der Waals surface area contributed by atoms with E-state index in [9.17, 15) is 13.2 Å². The van der Waals surface area contributed by atoms with Crippen molar-refractivity contribution in [2.24, 2.45) is 5.16 Å². The summed E-state index contributed by atoms with van der Waals surface area (Å²) in [6.45, 7) is 1.94. The van der Waals surface area contributed by atoms with Gasteiger partial charge in [0.25, 0.3) is 0 Å². The average Bonchev–Trinajstić information content (AvgIpc) is 2.65. The van der Waals surface area contributed by atoms with Crippen LogP contribution in [0.3, 0.4) is 0 Å². The number of hydrogen-bond acceptors (Lipinski definition) is 8. The minimum atomic E-state index is -4.01. The summed E-state index contributed by atoms with van der Waals surface area (Å²) in [6.07, 6.45) is 1.90. The van der Waals surface area contributed by atoms with Crippen LogP contribution in [-0.2, 0) is 29.7 Å². The highest BCUT2D eigenvalue weighted by molar-refractivity contribution is 8.15. The molecule has 0 unspecified atom stereocenters. The van der Waals surface area contributed by atoms with Gasteiger partial charge < -0.3 is 4.74 Å². The lowest BCUT2D eigenvalue weighted by molar-refractivity contribution is -0.132. The predicted octanol–water partition coefficient (Wildman–Crippen LogP) is 3.84. The fraction of sp³-hybridized carbons (Fsp3) is 0.222.